The number of carbonyl (C=O) groups is 2. The smallest absolute Gasteiger partial charge is 0.321 e. The molecule has 0 saturated heterocycles. The number of methoxy groups -OCH3 is 1. The van der Waals surface area contributed by atoms with E-state index in [4.69, 9.17) is 9.47 Å². The fourth-order valence-electron chi connectivity index (χ4n) is 3.71. The van der Waals surface area contributed by atoms with Crippen LogP contribution in [-0.4, -0.2) is 45.6 Å². The van der Waals surface area contributed by atoms with Crippen LogP contribution in [0.5, 0.6) is 5.75 Å². The predicted octanol–water partition coefficient (Wildman–Crippen LogP) is 3.26. The number of rotatable bonds is 10. The van der Waals surface area contributed by atoms with E-state index in [9.17, 15) is 18.0 Å². The van der Waals surface area contributed by atoms with Crippen molar-refractivity contribution in [2.75, 3.05) is 20.3 Å². The van der Waals surface area contributed by atoms with Crippen molar-refractivity contribution in [1.82, 2.24) is 15.2 Å². The summed E-state index contributed by atoms with van der Waals surface area (Å²) in [5, 5.41) is 2.34. The Kier molecular flexibility index (Phi) is 8.57. The number of hydrazine groups is 1. The lowest BCUT2D eigenvalue weighted by Gasteiger charge is -2.25. The van der Waals surface area contributed by atoms with Gasteiger partial charge in [0, 0.05) is 5.41 Å². The van der Waals surface area contributed by atoms with Gasteiger partial charge in [0.1, 0.15) is 12.3 Å². The molecule has 3 aromatic carbocycles. The summed E-state index contributed by atoms with van der Waals surface area (Å²) in [6.45, 7) is -1.19. The van der Waals surface area contributed by atoms with Gasteiger partial charge < -0.3 is 9.47 Å². The summed E-state index contributed by atoms with van der Waals surface area (Å²) >= 11 is 0. The summed E-state index contributed by atoms with van der Waals surface area (Å²) in [7, 11) is -2.30. The highest BCUT2D eigenvalue weighted by Gasteiger charge is 2.31. The van der Waals surface area contributed by atoms with Crippen LogP contribution in [0.4, 0.5) is 0 Å². The molecule has 38 heavy (non-hydrogen) atoms. The van der Waals surface area contributed by atoms with Gasteiger partial charge in [0.2, 0.25) is 10.0 Å². The maximum absolute atomic E-state index is 13.1. The van der Waals surface area contributed by atoms with E-state index >= 15 is 0 Å². The van der Waals surface area contributed by atoms with Crippen LogP contribution in [-0.2, 0) is 24.3 Å². The van der Waals surface area contributed by atoms with E-state index in [2.05, 4.69) is 10.1 Å². The molecule has 2 N–H and O–H groups in total. The highest BCUT2D eigenvalue weighted by molar-refractivity contribution is 7.92. The molecular weight excluding hydrogens is 506 g/mol. The van der Waals surface area contributed by atoms with Gasteiger partial charge in [-0.25, -0.2) is 18.1 Å². The lowest BCUT2D eigenvalue weighted by molar-refractivity contribution is -0.152. The number of carbonyl (C=O) groups excluding carboxylic acids is 2. The standard InChI is InChI=1S/C28H27N3O6S/c1-36-24-14-12-23(13-15-24)26-18-25(22-10-6-3-7-11-22)30-31(26)27(32)20-37-28(33)19-29-38(34,35)17-16-21-8-4-2-5-9-21/h2-18,26,29-30H,19-20H2,1H3/b17-16+/t26-/m0/s1. The molecule has 3 aromatic rings. The number of hydrogen-bond donors (Lipinski definition) is 2. The summed E-state index contributed by atoms with van der Waals surface area (Å²) in [6, 6.07) is 25.2. The molecule has 0 aromatic heterocycles. The van der Waals surface area contributed by atoms with E-state index in [1.807, 2.05) is 54.6 Å². The number of amides is 1. The molecular formula is C28H27N3O6S. The van der Waals surface area contributed by atoms with Gasteiger partial charge in [-0.1, -0.05) is 72.8 Å². The SMILES string of the molecule is COc1ccc([C@@H]2C=C(c3ccccc3)NN2C(=O)COC(=O)CNS(=O)(=O)/C=C/c2ccccc2)cc1. The zero-order valence-electron chi connectivity index (χ0n) is 20.6. The zero-order chi connectivity index (χ0) is 27.0. The number of ether oxygens (including phenoxy) is 2. The van der Waals surface area contributed by atoms with E-state index in [0.29, 0.717) is 11.3 Å². The van der Waals surface area contributed by atoms with Crippen LogP contribution in [0.1, 0.15) is 22.7 Å². The Morgan fingerprint density at radius 2 is 1.63 bits per heavy atom. The van der Waals surface area contributed by atoms with Crippen LogP contribution >= 0.6 is 0 Å². The maximum Gasteiger partial charge on any atom is 0.321 e. The number of hydrogen-bond acceptors (Lipinski definition) is 7. The summed E-state index contributed by atoms with van der Waals surface area (Å²) in [5.74, 6) is -0.709. The molecule has 1 amide bonds. The monoisotopic (exact) mass is 533 g/mol. The lowest BCUT2D eigenvalue weighted by atomic mass is 10.0. The molecule has 0 aliphatic carbocycles. The average Bonchev–Trinajstić information content (AvgIpc) is 3.41. The fourth-order valence-corrected chi connectivity index (χ4v) is 4.47. The molecule has 4 rings (SSSR count). The van der Waals surface area contributed by atoms with Crippen molar-refractivity contribution in [1.29, 1.82) is 0 Å². The zero-order valence-corrected chi connectivity index (χ0v) is 21.4. The quantitative estimate of drug-likeness (QED) is 0.385. The Balaban J connectivity index is 1.37. The van der Waals surface area contributed by atoms with Gasteiger partial charge in [-0.2, -0.15) is 0 Å². The molecule has 0 saturated carbocycles. The first-order valence-corrected chi connectivity index (χ1v) is 13.3. The molecule has 0 spiro atoms. The van der Waals surface area contributed by atoms with Crippen LogP contribution < -0.4 is 14.9 Å². The Hall–Kier alpha value is -4.41. The first-order valence-electron chi connectivity index (χ1n) is 11.7. The second kappa shape index (κ2) is 12.2. The van der Waals surface area contributed by atoms with Crippen LogP contribution in [0, 0.1) is 0 Å². The Morgan fingerprint density at radius 1 is 0.974 bits per heavy atom. The Labute approximate surface area is 221 Å². The third-order valence-corrected chi connectivity index (χ3v) is 6.71. The predicted molar refractivity (Wildman–Crippen MR) is 143 cm³/mol. The molecule has 0 radical (unpaired) electrons. The van der Waals surface area contributed by atoms with Crippen molar-refractivity contribution in [3.8, 4) is 5.75 Å². The van der Waals surface area contributed by atoms with Gasteiger partial charge in [0.05, 0.1) is 18.8 Å². The van der Waals surface area contributed by atoms with Crippen molar-refractivity contribution in [2.45, 2.75) is 6.04 Å². The number of benzene rings is 3. The molecule has 0 fully saturated rings. The molecule has 1 aliphatic heterocycles. The molecule has 1 aliphatic rings. The van der Waals surface area contributed by atoms with Gasteiger partial charge in [0.15, 0.2) is 6.61 Å². The van der Waals surface area contributed by atoms with Gasteiger partial charge in [-0.05, 0) is 41.0 Å². The van der Waals surface area contributed by atoms with Crippen molar-refractivity contribution in [3.05, 3.63) is 113 Å². The number of esters is 1. The number of nitrogens with zero attached hydrogens (tertiary/aromatic N) is 1. The lowest BCUT2D eigenvalue weighted by Crippen LogP contribution is -2.42. The maximum atomic E-state index is 13.1. The van der Waals surface area contributed by atoms with Crippen LogP contribution in [0.25, 0.3) is 11.8 Å². The van der Waals surface area contributed by atoms with Gasteiger partial charge in [-0.15, -0.1) is 0 Å². The van der Waals surface area contributed by atoms with Crippen LogP contribution in [0.2, 0.25) is 0 Å². The van der Waals surface area contributed by atoms with E-state index < -0.39 is 41.1 Å². The molecule has 196 valence electrons. The molecule has 1 atom stereocenters. The summed E-state index contributed by atoms with van der Waals surface area (Å²) in [4.78, 5) is 25.3. The number of nitrogens with one attached hydrogen (secondary N) is 2. The van der Waals surface area contributed by atoms with Crippen LogP contribution in [0.15, 0.2) is 96.4 Å². The second-order valence-electron chi connectivity index (χ2n) is 8.28. The average molecular weight is 534 g/mol. The third-order valence-electron chi connectivity index (χ3n) is 5.67. The van der Waals surface area contributed by atoms with E-state index in [1.165, 1.54) is 11.1 Å². The van der Waals surface area contributed by atoms with E-state index in [0.717, 1.165) is 22.2 Å². The molecule has 0 bridgehead atoms. The van der Waals surface area contributed by atoms with Crippen molar-refractivity contribution in [2.24, 2.45) is 0 Å². The third kappa shape index (κ3) is 7.09. The summed E-state index contributed by atoms with van der Waals surface area (Å²) in [6.07, 6.45) is 3.32. The van der Waals surface area contributed by atoms with Crippen molar-refractivity contribution in [3.63, 3.8) is 0 Å². The Morgan fingerprint density at radius 3 is 2.29 bits per heavy atom. The first kappa shape index (κ1) is 26.6. The van der Waals surface area contributed by atoms with Gasteiger partial charge >= 0.3 is 5.97 Å². The van der Waals surface area contributed by atoms with E-state index in [1.54, 1.807) is 43.5 Å². The van der Waals surface area contributed by atoms with Crippen molar-refractivity contribution >= 4 is 33.7 Å². The topological polar surface area (TPSA) is 114 Å². The minimum Gasteiger partial charge on any atom is -0.497 e. The van der Waals surface area contributed by atoms with Crippen LogP contribution in [0.3, 0.4) is 0 Å². The molecule has 10 heteroatoms. The highest BCUT2D eigenvalue weighted by atomic mass is 32.2. The summed E-state index contributed by atoms with van der Waals surface area (Å²) < 4.78 is 36.8. The first-order chi connectivity index (χ1) is 18.3. The molecule has 9 nitrogen and oxygen atoms in total. The fraction of sp³-hybridized carbons (Fsp3) is 0.143. The molecule has 1 heterocycles. The van der Waals surface area contributed by atoms with Gasteiger partial charge in [0.25, 0.3) is 5.91 Å². The second-order valence-corrected chi connectivity index (χ2v) is 9.93. The minimum atomic E-state index is -3.88. The van der Waals surface area contributed by atoms with Crippen molar-refractivity contribution < 1.29 is 27.5 Å². The summed E-state index contributed by atoms with van der Waals surface area (Å²) in [5.41, 5.74) is 6.22. The number of sulfonamides is 1. The normalized spacial score (nSPS) is 15.1. The Bertz CT molecular complexity index is 1420. The largest absolute Gasteiger partial charge is 0.497 e. The molecule has 0 unspecified atom stereocenters. The minimum absolute atomic E-state index is 0.469. The van der Waals surface area contributed by atoms with E-state index in [-0.39, 0.29) is 0 Å². The van der Waals surface area contributed by atoms with Gasteiger partial charge in [-0.3, -0.25) is 15.0 Å². The highest BCUT2D eigenvalue weighted by Crippen LogP contribution is 2.32.